The first-order chi connectivity index (χ1) is 9.61. The summed E-state index contributed by atoms with van der Waals surface area (Å²) >= 11 is 5.98. The molecule has 3 nitrogen and oxygen atoms in total. The van der Waals surface area contributed by atoms with Gasteiger partial charge in [0.15, 0.2) is 0 Å². The van der Waals surface area contributed by atoms with Crippen molar-refractivity contribution in [2.24, 2.45) is 0 Å². The average Bonchev–Trinajstić information content (AvgIpc) is 2.48. The maximum atomic E-state index is 12.0. The van der Waals surface area contributed by atoms with Crippen molar-refractivity contribution in [3.05, 3.63) is 64.2 Å². The Hall–Kier alpha value is -2.00. The SMILES string of the molecule is CCc1ccc(COC(=O)c2cccc(N)c2Cl)cc1. The highest BCUT2D eigenvalue weighted by Gasteiger charge is 2.13. The van der Waals surface area contributed by atoms with E-state index in [4.69, 9.17) is 22.1 Å². The van der Waals surface area contributed by atoms with Crippen LogP contribution in [0.15, 0.2) is 42.5 Å². The zero-order valence-electron chi connectivity index (χ0n) is 11.2. The number of nitrogens with two attached hydrogens (primary N) is 1. The highest BCUT2D eigenvalue weighted by molar-refractivity contribution is 6.36. The minimum Gasteiger partial charge on any atom is -0.457 e. The summed E-state index contributed by atoms with van der Waals surface area (Å²) in [7, 11) is 0. The molecule has 0 heterocycles. The summed E-state index contributed by atoms with van der Waals surface area (Å²) in [4.78, 5) is 12.0. The number of aryl methyl sites for hydroxylation is 1. The number of carbonyl (C=O) groups is 1. The zero-order valence-corrected chi connectivity index (χ0v) is 12.0. The lowest BCUT2D eigenvalue weighted by atomic mass is 10.1. The first kappa shape index (κ1) is 14.4. The van der Waals surface area contributed by atoms with E-state index in [-0.39, 0.29) is 17.2 Å². The molecule has 4 heteroatoms. The Bertz CT molecular complexity index is 608. The Morgan fingerprint density at radius 2 is 1.80 bits per heavy atom. The first-order valence-corrected chi connectivity index (χ1v) is 6.78. The molecule has 0 unspecified atom stereocenters. The van der Waals surface area contributed by atoms with Crippen LogP contribution in [0.1, 0.15) is 28.4 Å². The van der Waals surface area contributed by atoms with Crippen LogP contribution in [0, 0.1) is 0 Å². The number of halogens is 1. The predicted molar refractivity (Wildman–Crippen MR) is 80.8 cm³/mol. The van der Waals surface area contributed by atoms with Gasteiger partial charge in [-0.2, -0.15) is 0 Å². The van der Waals surface area contributed by atoms with Gasteiger partial charge in [0.25, 0.3) is 0 Å². The number of anilines is 1. The van der Waals surface area contributed by atoms with Gasteiger partial charge in [-0.05, 0) is 29.7 Å². The second-order valence-corrected chi connectivity index (χ2v) is 4.83. The smallest absolute Gasteiger partial charge is 0.340 e. The fraction of sp³-hybridized carbons (Fsp3) is 0.188. The third-order valence-electron chi connectivity index (χ3n) is 3.05. The van der Waals surface area contributed by atoms with Crippen molar-refractivity contribution < 1.29 is 9.53 Å². The Morgan fingerprint density at radius 1 is 1.15 bits per heavy atom. The summed E-state index contributed by atoms with van der Waals surface area (Å²) in [5.41, 5.74) is 8.50. The van der Waals surface area contributed by atoms with Gasteiger partial charge in [0.2, 0.25) is 0 Å². The molecular formula is C16H16ClNO2. The van der Waals surface area contributed by atoms with Crippen LogP contribution < -0.4 is 5.73 Å². The van der Waals surface area contributed by atoms with Crippen LogP contribution in [-0.4, -0.2) is 5.97 Å². The van der Waals surface area contributed by atoms with Crippen molar-refractivity contribution in [2.45, 2.75) is 20.0 Å². The Balaban J connectivity index is 2.02. The lowest BCUT2D eigenvalue weighted by Crippen LogP contribution is -2.07. The number of rotatable bonds is 4. The summed E-state index contributed by atoms with van der Waals surface area (Å²) in [5, 5.41) is 0.235. The van der Waals surface area contributed by atoms with Gasteiger partial charge >= 0.3 is 5.97 Å². The molecule has 0 amide bonds. The summed E-state index contributed by atoms with van der Waals surface area (Å²) < 4.78 is 5.24. The van der Waals surface area contributed by atoms with E-state index in [1.54, 1.807) is 18.2 Å². The number of hydrogen-bond acceptors (Lipinski definition) is 3. The Labute approximate surface area is 123 Å². The van der Waals surface area contributed by atoms with Crippen LogP contribution in [0.2, 0.25) is 5.02 Å². The number of benzene rings is 2. The van der Waals surface area contributed by atoms with E-state index in [0.29, 0.717) is 5.69 Å². The molecule has 2 rings (SSSR count). The van der Waals surface area contributed by atoms with E-state index in [9.17, 15) is 4.79 Å². The molecule has 0 saturated carbocycles. The van der Waals surface area contributed by atoms with Gasteiger partial charge in [-0.1, -0.05) is 48.9 Å². The molecule has 20 heavy (non-hydrogen) atoms. The van der Waals surface area contributed by atoms with Crippen molar-refractivity contribution in [1.29, 1.82) is 0 Å². The van der Waals surface area contributed by atoms with Crippen LogP contribution in [-0.2, 0) is 17.8 Å². The molecule has 0 saturated heterocycles. The number of esters is 1. The maximum absolute atomic E-state index is 12.0. The van der Waals surface area contributed by atoms with E-state index in [0.717, 1.165) is 12.0 Å². The zero-order chi connectivity index (χ0) is 14.5. The lowest BCUT2D eigenvalue weighted by molar-refractivity contribution is 0.0473. The van der Waals surface area contributed by atoms with Crippen molar-refractivity contribution >= 4 is 23.3 Å². The summed E-state index contributed by atoms with van der Waals surface area (Å²) in [6.45, 7) is 2.31. The quantitative estimate of drug-likeness (QED) is 0.687. The molecule has 0 aromatic heterocycles. The van der Waals surface area contributed by atoms with Crippen LogP contribution in [0.25, 0.3) is 0 Å². The molecule has 0 fully saturated rings. The van der Waals surface area contributed by atoms with Crippen LogP contribution in [0.3, 0.4) is 0 Å². The van der Waals surface area contributed by atoms with Crippen molar-refractivity contribution in [3.8, 4) is 0 Å². The molecule has 2 aromatic carbocycles. The Morgan fingerprint density at radius 3 is 2.45 bits per heavy atom. The number of nitrogen functional groups attached to an aromatic ring is 1. The van der Waals surface area contributed by atoms with Gasteiger partial charge < -0.3 is 10.5 Å². The standard InChI is InChI=1S/C16H16ClNO2/c1-2-11-6-8-12(9-7-11)10-20-16(19)13-4-3-5-14(18)15(13)17/h3-9H,2,10,18H2,1H3. The summed E-state index contributed by atoms with van der Waals surface area (Å²) in [6, 6.07) is 12.9. The summed E-state index contributed by atoms with van der Waals surface area (Å²) in [6.07, 6.45) is 0.985. The molecule has 0 aliphatic rings. The molecular weight excluding hydrogens is 274 g/mol. The average molecular weight is 290 g/mol. The highest BCUT2D eigenvalue weighted by atomic mass is 35.5. The second kappa shape index (κ2) is 6.44. The third kappa shape index (κ3) is 3.31. The minimum atomic E-state index is -0.470. The first-order valence-electron chi connectivity index (χ1n) is 6.40. The molecule has 0 radical (unpaired) electrons. The van der Waals surface area contributed by atoms with Gasteiger partial charge in [0.05, 0.1) is 16.3 Å². The molecule has 0 aliphatic heterocycles. The molecule has 104 valence electrons. The predicted octanol–water partition coefficient (Wildman–Crippen LogP) is 3.84. The van der Waals surface area contributed by atoms with Gasteiger partial charge in [-0.25, -0.2) is 4.79 Å². The minimum absolute atomic E-state index is 0.216. The lowest BCUT2D eigenvalue weighted by Gasteiger charge is -2.08. The third-order valence-corrected chi connectivity index (χ3v) is 3.47. The van der Waals surface area contributed by atoms with Gasteiger partial charge in [-0.3, -0.25) is 0 Å². The van der Waals surface area contributed by atoms with E-state index < -0.39 is 5.97 Å². The van der Waals surface area contributed by atoms with E-state index >= 15 is 0 Å². The number of hydrogen-bond donors (Lipinski definition) is 1. The fourth-order valence-electron chi connectivity index (χ4n) is 1.81. The maximum Gasteiger partial charge on any atom is 0.340 e. The van der Waals surface area contributed by atoms with E-state index in [2.05, 4.69) is 6.92 Å². The number of carbonyl (C=O) groups excluding carboxylic acids is 1. The molecule has 0 spiro atoms. The van der Waals surface area contributed by atoms with Crippen molar-refractivity contribution in [3.63, 3.8) is 0 Å². The van der Waals surface area contributed by atoms with Crippen molar-refractivity contribution in [1.82, 2.24) is 0 Å². The largest absolute Gasteiger partial charge is 0.457 e. The van der Waals surface area contributed by atoms with Crippen LogP contribution in [0.4, 0.5) is 5.69 Å². The fourth-order valence-corrected chi connectivity index (χ4v) is 2.01. The van der Waals surface area contributed by atoms with Gasteiger partial charge in [-0.15, -0.1) is 0 Å². The van der Waals surface area contributed by atoms with Gasteiger partial charge in [0, 0.05) is 0 Å². The molecule has 0 bridgehead atoms. The second-order valence-electron chi connectivity index (χ2n) is 4.45. The molecule has 0 atom stereocenters. The van der Waals surface area contributed by atoms with E-state index in [1.165, 1.54) is 5.56 Å². The van der Waals surface area contributed by atoms with Gasteiger partial charge in [0.1, 0.15) is 6.61 Å². The Kier molecular flexibility index (Phi) is 4.64. The molecule has 2 N–H and O–H groups in total. The molecule has 0 aliphatic carbocycles. The van der Waals surface area contributed by atoms with E-state index in [1.807, 2.05) is 24.3 Å². The normalized spacial score (nSPS) is 10.3. The van der Waals surface area contributed by atoms with Crippen molar-refractivity contribution in [2.75, 3.05) is 5.73 Å². The number of ether oxygens (including phenoxy) is 1. The molecule has 2 aromatic rings. The monoisotopic (exact) mass is 289 g/mol. The van der Waals surface area contributed by atoms with Crippen LogP contribution in [0.5, 0.6) is 0 Å². The summed E-state index contributed by atoms with van der Waals surface area (Å²) in [5.74, 6) is -0.470. The topological polar surface area (TPSA) is 52.3 Å². The highest BCUT2D eigenvalue weighted by Crippen LogP contribution is 2.24. The van der Waals surface area contributed by atoms with Crippen LogP contribution >= 0.6 is 11.6 Å².